The molecule has 7 nitrogen and oxygen atoms in total. The molecular formula is C20H23Cl2N3O4S. The van der Waals surface area contributed by atoms with Gasteiger partial charge in [-0.3, -0.25) is 15.6 Å². The molecule has 162 valence electrons. The van der Waals surface area contributed by atoms with Gasteiger partial charge in [-0.2, -0.15) is 0 Å². The Balaban J connectivity index is 1.75. The van der Waals surface area contributed by atoms with E-state index < -0.39 is 0 Å². The fourth-order valence-corrected chi connectivity index (χ4v) is 3.11. The normalized spacial score (nSPS) is 10.2. The minimum atomic E-state index is -0.226. The maximum Gasteiger partial charge on any atom is 0.238 e. The van der Waals surface area contributed by atoms with E-state index in [0.717, 1.165) is 11.3 Å². The molecular weight excluding hydrogens is 449 g/mol. The van der Waals surface area contributed by atoms with Gasteiger partial charge < -0.3 is 19.5 Å². The Morgan fingerprint density at radius 2 is 1.77 bits per heavy atom. The van der Waals surface area contributed by atoms with E-state index in [0.29, 0.717) is 40.3 Å². The first kappa shape index (κ1) is 23.9. The molecule has 1 amide bonds. The van der Waals surface area contributed by atoms with Gasteiger partial charge in [0, 0.05) is 23.6 Å². The molecule has 10 heteroatoms. The van der Waals surface area contributed by atoms with Gasteiger partial charge in [0.25, 0.3) is 0 Å². The Labute approximate surface area is 190 Å². The van der Waals surface area contributed by atoms with E-state index in [1.807, 2.05) is 19.1 Å². The number of hydrazine groups is 1. The number of carbonyl (C=O) groups is 1. The number of ether oxygens (including phenoxy) is 3. The number of hydrogen-bond donors (Lipinski definition) is 3. The third-order valence-electron chi connectivity index (χ3n) is 3.98. The summed E-state index contributed by atoms with van der Waals surface area (Å²) in [5.74, 6) is 1.46. The number of rotatable bonds is 8. The highest BCUT2D eigenvalue weighted by molar-refractivity contribution is 7.80. The monoisotopic (exact) mass is 471 g/mol. The lowest BCUT2D eigenvalue weighted by Gasteiger charge is -2.15. The van der Waals surface area contributed by atoms with Gasteiger partial charge in [-0.15, -0.1) is 0 Å². The zero-order valence-corrected chi connectivity index (χ0v) is 19.1. The van der Waals surface area contributed by atoms with Crippen molar-refractivity contribution < 1.29 is 19.0 Å². The molecule has 0 bridgehead atoms. The predicted octanol–water partition coefficient (Wildman–Crippen LogP) is 4.50. The second-order valence-electron chi connectivity index (χ2n) is 6.18. The van der Waals surface area contributed by atoms with Crippen LogP contribution in [-0.4, -0.2) is 31.8 Å². The summed E-state index contributed by atoms with van der Waals surface area (Å²) in [7, 11) is 3.02. The zero-order valence-electron chi connectivity index (χ0n) is 16.8. The Morgan fingerprint density at radius 1 is 1.03 bits per heavy atom. The number of thiocarbonyl (C=S) groups is 1. The number of anilines is 1. The first-order valence-corrected chi connectivity index (χ1v) is 10.2. The number of aryl methyl sites for hydroxylation is 1. The minimum Gasteiger partial charge on any atom is -0.495 e. The second kappa shape index (κ2) is 11.7. The van der Waals surface area contributed by atoms with Gasteiger partial charge in [-0.25, -0.2) is 0 Å². The van der Waals surface area contributed by atoms with Crippen molar-refractivity contribution in [3.05, 3.63) is 45.9 Å². The summed E-state index contributed by atoms with van der Waals surface area (Å²) in [6, 6.07) is 8.65. The van der Waals surface area contributed by atoms with E-state index in [9.17, 15) is 4.79 Å². The Kier molecular flexibility index (Phi) is 9.29. The summed E-state index contributed by atoms with van der Waals surface area (Å²) in [4.78, 5) is 12.0. The lowest BCUT2D eigenvalue weighted by molar-refractivity contribution is -0.121. The van der Waals surface area contributed by atoms with Crippen LogP contribution in [0.4, 0.5) is 5.69 Å². The topological polar surface area (TPSA) is 80.9 Å². The molecule has 0 aliphatic heterocycles. The van der Waals surface area contributed by atoms with Gasteiger partial charge in [0.05, 0.1) is 31.5 Å². The van der Waals surface area contributed by atoms with Crippen molar-refractivity contribution in [3.63, 3.8) is 0 Å². The van der Waals surface area contributed by atoms with E-state index >= 15 is 0 Å². The van der Waals surface area contributed by atoms with Crippen LogP contribution in [0.5, 0.6) is 17.2 Å². The van der Waals surface area contributed by atoms with Crippen molar-refractivity contribution in [1.29, 1.82) is 0 Å². The molecule has 0 heterocycles. The third kappa shape index (κ3) is 7.12. The van der Waals surface area contributed by atoms with Gasteiger partial charge in [0.15, 0.2) is 5.11 Å². The number of halogens is 2. The molecule has 0 aliphatic carbocycles. The van der Waals surface area contributed by atoms with Crippen LogP contribution in [0.25, 0.3) is 0 Å². The van der Waals surface area contributed by atoms with Gasteiger partial charge in [0.1, 0.15) is 17.2 Å². The molecule has 0 unspecified atom stereocenters. The van der Waals surface area contributed by atoms with Crippen LogP contribution >= 0.6 is 35.4 Å². The highest BCUT2D eigenvalue weighted by Gasteiger charge is 2.11. The summed E-state index contributed by atoms with van der Waals surface area (Å²) in [5, 5.41) is 4.17. The van der Waals surface area contributed by atoms with Crippen LogP contribution in [0, 0.1) is 6.92 Å². The molecule has 30 heavy (non-hydrogen) atoms. The number of carbonyl (C=O) groups excluding carboxylic acids is 1. The molecule has 0 radical (unpaired) electrons. The molecule has 0 fully saturated rings. The quantitative estimate of drug-likeness (QED) is 0.297. The number of hydrogen-bond acceptors (Lipinski definition) is 5. The summed E-state index contributed by atoms with van der Waals surface area (Å²) >= 11 is 17.2. The molecule has 0 saturated heterocycles. The molecule has 0 saturated carbocycles. The number of amides is 1. The van der Waals surface area contributed by atoms with Gasteiger partial charge >= 0.3 is 0 Å². The molecule has 0 aromatic heterocycles. The van der Waals surface area contributed by atoms with Gasteiger partial charge in [-0.05, 0) is 49.3 Å². The van der Waals surface area contributed by atoms with Crippen molar-refractivity contribution in [1.82, 2.24) is 10.9 Å². The summed E-state index contributed by atoms with van der Waals surface area (Å²) in [6.07, 6.45) is 0.804. The molecule has 0 spiro atoms. The number of methoxy groups -OCH3 is 2. The highest BCUT2D eigenvalue weighted by atomic mass is 35.5. The van der Waals surface area contributed by atoms with E-state index in [4.69, 9.17) is 49.6 Å². The molecule has 0 aliphatic rings. The van der Waals surface area contributed by atoms with Crippen molar-refractivity contribution in [2.45, 2.75) is 19.8 Å². The third-order valence-corrected chi connectivity index (χ3v) is 4.71. The molecule has 0 atom stereocenters. The predicted molar refractivity (Wildman–Crippen MR) is 123 cm³/mol. The second-order valence-corrected chi connectivity index (χ2v) is 7.43. The van der Waals surface area contributed by atoms with Crippen LogP contribution in [0.3, 0.4) is 0 Å². The zero-order chi connectivity index (χ0) is 22.1. The Hall–Kier alpha value is -2.42. The van der Waals surface area contributed by atoms with E-state index in [-0.39, 0.29) is 17.4 Å². The fraction of sp³-hybridized carbons (Fsp3) is 0.300. The van der Waals surface area contributed by atoms with Gasteiger partial charge in [-0.1, -0.05) is 23.2 Å². The molecule has 2 rings (SSSR count). The first-order chi connectivity index (χ1) is 14.3. The van der Waals surface area contributed by atoms with Crippen LogP contribution < -0.4 is 30.4 Å². The Morgan fingerprint density at radius 3 is 2.43 bits per heavy atom. The Bertz CT molecular complexity index is 912. The summed E-state index contributed by atoms with van der Waals surface area (Å²) in [5.41, 5.74) is 6.66. The van der Waals surface area contributed by atoms with Crippen molar-refractivity contribution in [3.8, 4) is 17.2 Å². The maximum atomic E-state index is 12.0. The van der Waals surface area contributed by atoms with E-state index in [1.54, 1.807) is 18.2 Å². The first-order valence-electron chi connectivity index (χ1n) is 9.00. The van der Waals surface area contributed by atoms with Crippen LogP contribution in [0.15, 0.2) is 30.3 Å². The van der Waals surface area contributed by atoms with E-state index in [1.165, 1.54) is 14.2 Å². The largest absolute Gasteiger partial charge is 0.495 e. The lowest BCUT2D eigenvalue weighted by Crippen LogP contribution is -2.43. The van der Waals surface area contributed by atoms with Crippen LogP contribution in [-0.2, 0) is 4.79 Å². The average molecular weight is 472 g/mol. The fourth-order valence-electron chi connectivity index (χ4n) is 2.49. The molecule has 2 aromatic carbocycles. The van der Waals surface area contributed by atoms with Crippen molar-refractivity contribution in [2.75, 3.05) is 26.1 Å². The molecule has 2 aromatic rings. The smallest absolute Gasteiger partial charge is 0.238 e. The van der Waals surface area contributed by atoms with Crippen LogP contribution in [0.1, 0.15) is 18.4 Å². The average Bonchev–Trinajstić information content (AvgIpc) is 2.71. The standard InChI is InChI=1S/C20H23Cl2N3O4S/c1-12-9-13(21)6-7-16(12)29-8-4-5-19(26)24-25-20(30)23-15-11-17(27-2)14(22)10-18(15)28-3/h6-7,9-11H,4-5,8H2,1-3H3,(H,24,26)(H2,23,25,30). The lowest BCUT2D eigenvalue weighted by atomic mass is 10.2. The summed E-state index contributed by atoms with van der Waals surface area (Å²) in [6.45, 7) is 2.32. The van der Waals surface area contributed by atoms with Crippen molar-refractivity contribution >= 4 is 52.1 Å². The number of nitrogens with one attached hydrogen (secondary N) is 3. The van der Waals surface area contributed by atoms with Gasteiger partial charge in [0.2, 0.25) is 5.91 Å². The SMILES string of the molecule is COc1cc(NC(=S)NNC(=O)CCCOc2ccc(Cl)cc2C)c(OC)cc1Cl. The number of benzene rings is 2. The highest BCUT2D eigenvalue weighted by Crippen LogP contribution is 2.35. The minimum absolute atomic E-state index is 0.180. The van der Waals surface area contributed by atoms with E-state index in [2.05, 4.69) is 16.2 Å². The molecule has 3 N–H and O–H groups in total. The van der Waals surface area contributed by atoms with Crippen LogP contribution in [0.2, 0.25) is 10.0 Å². The maximum absolute atomic E-state index is 12.0. The van der Waals surface area contributed by atoms with Crippen molar-refractivity contribution in [2.24, 2.45) is 0 Å². The summed E-state index contributed by atoms with van der Waals surface area (Å²) < 4.78 is 16.1.